The number of para-hydroxylation sites is 1. The molecular formula is C13H18N2O. The van der Waals surface area contributed by atoms with Crippen molar-refractivity contribution in [1.82, 2.24) is 4.57 Å². The predicted molar refractivity (Wildman–Crippen MR) is 66.0 cm³/mol. The van der Waals surface area contributed by atoms with E-state index >= 15 is 0 Å². The van der Waals surface area contributed by atoms with Crippen LogP contribution in [0.15, 0.2) is 24.3 Å². The van der Waals surface area contributed by atoms with Crippen molar-refractivity contribution in [3.63, 3.8) is 0 Å². The van der Waals surface area contributed by atoms with Gasteiger partial charge in [-0.25, -0.2) is 5.90 Å². The number of nitrogens with zero attached hydrogens (tertiary/aromatic N) is 1. The van der Waals surface area contributed by atoms with Gasteiger partial charge in [-0.05, 0) is 26.8 Å². The van der Waals surface area contributed by atoms with Gasteiger partial charge in [0.2, 0.25) is 0 Å². The molecule has 1 aromatic heterocycles. The Morgan fingerprint density at radius 2 is 2.12 bits per heavy atom. The third-order valence-electron chi connectivity index (χ3n) is 2.89. The summed E-state index contributed by atoms with van der Waals surface area (Å²) in [6, 6.07) is 8.88. The van der Waals surface area contributed by atoms with Crippen LogP contribution in [0.1, 0.15) is 31.1 Å². The largest absolute Gasteiger partial charge is 0.342 e. The standard InChI is InChI=1S/C13H18N2O/c1-9(2)15-10(3)7-11-5-4-6-12(8-16-14)13(11)15/h4-7,9H,8,14H2,1-3H3. The van der Waals surface area contributed by atoms with Gasteiger partial charge in [0.15, 0.2) is 0 Å². The molecule has 0 atom stereocenters. The lowest BCUT2D eigenvalue weighted by Gasteiger charge is -2.14. The molecule has 1 heterocycles. The van der Waals surface area contributed by atoms with Crippen LogP contribution in [0.4, 0.5) is 0 Å². The molecule has 3 nitrogen and oxygen atoms in total. The first-order chi connectivity index (χ1) is 7.65. The minimum Gasteiger partial charge on any atom is -0.342 e. The van der Waals surface area contributed by atoms with Crippen molar-refractivity contribution in [1.29, 1.82) is 0 Å². The van der Waals surface area contributed by atoms with Gasteiger partial charge in [-0.1, -0.05) is 18.2 Å². The van der Waals surface area contributed by atoms with E-state index < -0.39 is 0 Å². The molecule has 2 rings (SSSR count). The third-order valence-corrected chi connectivity index (χ3v) is 2.89. The molecule has 1 aromatic carbocycles. The van der Waals surface area contributed by atoms with Crippen molar-refractivity contribution in [2.45, 2.75) is 33.4 Å². The molecule has 0 amide bonds. The summed E-state index contributed by atoms with van der Waals surface area (Å²) >= 11 is 0. The highest BCUT2D eigenvalue weighted by atomic mass is 16.6. The maximum atomic E-state index is 5.18. The fourth-order valence-electron chi connectivity index (χ4n) is 2.36. The zero-order chi connectivity index (χ0) is 11.7. The summed E-state index contributed by atoms with van der Waals surface area (Å²) in [5.74, 6) is 5.18. The van der Waals surface area contributed by atoms with Crippen molar-refractivity contribution in [3.8, 4) is 0 Å². The summed E-state index contributed by atoms with van der Waals surface area (Å²) < 4.78 is 2.32. The summed E-state index contributed by atoms with van der Waals surface area (Å²) in [4.78, 5) is 4.77. The molecule has 3 heteroatoms. The number of nitrogens with two attached hydrogens (primary N) is 1. The fourth-order valence-corrected chi connectivity index (χ4v) is 2.36. The smallest absolute Gasteiger partial charge is 0.0950 e. The molecule has 0 aliphatic rings. The SMILES string of the molecule is Cc1cc2cccc(CON)c2n1C(C)C. The molecular weight excluding hydrogens is 200 g/mol. The molecule has 0 radical (unpaired) electrons. The maximum absolute atomic E-state index is 5.18. The molecule has 0 saturated heterocycles. The van der Waals surface area contributed by atoms with Crippen LogP contribution in [0.3, 0.4) is 0 Å². The van der Waals surface area contributed by atoms with E-state index in [1.54, 1.807) is 0 Å². The highest BCUT2D eigenvalue weighted by molar-refractivity contribution is 5.84. The van der Waals surface area contributed by atoms with Crippen LogP contribution in [0.25, 0.3) is 10.9 Å². The van der Waals surface area contributed by atoms with E-state index in [0.717, 1.165) is 5.56 Å². The molecule has 0 aliphatic carbocycles. The van der Waals surface area contributed by atoms with E-state index in [1.165, 1.54) is 16.6 Å². The lowest BCUT2D eigenvalue weighted by molar-refractivity contribution is 0.124. The number of hydrogen-bond acceptors (Lipinski definition) is 2. The Morgan fingerprint density at radius 3 is 2.75 bits per heavy atom. The lowest BCUT2D eigenvalue weighted by Crippen LogP contribution is -2.06. The topological polar surface area (TPSA) is 40.2 Å². The van der Waals surface area contributed by atoms with Crippen molar-refractivity contribution < 1.29 is 4.84 Å². The monoisotopic (exact) mass is 218 g/mol. The van der Waals surface area contributed by atoms with Crippen LogP contribution < -0.4 is 5.90 Å². The Balaban J connectivity index is 2.72. The van der Waals surface area contributed by atoms with Crippen LogP contribution >= 0.6 is 0 Å². The Hall–Kier alpha value is -1.32. The zero-order valence-corrected chi connectivity index (χ0v) is 10.0. The van der Waals surface area contributed by atoms with Gasteiger partial charge in [0.25, 0.3) is 0 Å². The van der Waals surface area contributed by atoms with Crippen molar-refractivity contribution >= 4 is 10.9 Å². The number of aryl methyl sites for hydroxylation is 1. The second-order valence-electron chi connectivity index (χ2n) is 4.42. The van der Waals surface area contributed by atoms with Gasteiger partial charge in [-0.15, -0.1) is 0 Å². The molecule has 86 valence electrons. The van der Waals surface area contributed by atoms with Gasteiger partial charge >= 0.3 is 0 Å². The van der Waals surface area contributed by atoms with E-state index in [-0.39, 0.29) is 0 Å². The van der Waals surface area contributed by atoms with Crippen LogP contribution in [0.2, 0.25) is 0 Å². The molecule has 0 unspecified atom stereocenters. The van der Waals surface area contributed by atoms with E-state index in [0.29, 0.717) is 12.6 Å². The lowest BCUT2D eigenvalue weighted by atomic mass is 10.1. The first-order valence-corrected chi connectivity index (χ1v) is 5.56. The van der Waals surface area contributed by atoms with E-state index in [2.05, 4.69) is 43.5 Å². The van der Waals surface area contributed by atoms with Gasteiger partial charge in [0.05, 0.1) is 12.1 Å². The maximum Gasteiger partial charge on any atom is 0.0950 e. The summed E-state index contributed by atoms with van der Waals surface area (Å²) in [7, 11) is 0. The Kier molecular flexibility index (Phi) is 2.99. The van der Waals surface area contributed by atoms with Crippen molar-refractivity contribution in [2.24, 2.45) is 5.90 Å². The number of benzene rings is 1. The molecule has 2 N–H and O–H groups in total. The van der Waals surface area contributed by atoms with E-state index in [9.17, 15) is 0 Å². The minimum absolute atomic E-state index is 0.441. The number of fused-ring (bicyclic) bond motifs is 1. The third kappa shape index (κ3) is 1.72. The highest BCUT2D eigenvalue weighted by Gasteiger charge is 2.11. The summed E-state index contributed by atoms with van der Waals surface area (Å²) in [6.45, 7) is 6.96. The molecule has 16 heavy (non-hydrogen) atoms. The van der Waals surface area contributed by atoms with Crippen LogP contribution in [-0.2, 0) is 11.4 Å². The van der Waals surface area contributed by atoms with Crippen molar-refractivity contribution in [3.05, 3.63) is 35.5 Å². The fraction of sp³-hybridized carbons (Fsp3) is 0.385. The number of hydrogen-bond donors (Lipinski definition) is 1. The number of aromatic nitrogens is 1. The van der Waals surface area contributed by atoms with Gasteiger partial charge < -0.3 is 4.57 Å². The summed E-state index contributed by atoms with van der Waals surface area (Å²) in [6.07, 6.45) is 0. The second-order valence-corrected chi connectivity index (χ2v) is 4.42. The van der Waals surface area contributed by atoms with E-state index in [4.69, 9.17) is 10.7 Å². The number of rotatable bonds is 3. The normalized spacial score (nSPS) is 11.6. The Labute approximate surface area is 95.8 Å². The summed E-state index contributed by atoms with van der Waals surface area (Å²) in [5, 5.41) is 1.25. The molecule has 0 spiro atoms. The average molecular weight is 218 g/mol. The average Bonchev–Trinajstić information content (AvgIpc) is 2.55. The predicted octanol–water partition coefficient (Wildman–Crippen LogP) is 2.92. The minimum atomic E-state index is 0.441. The van der Waals surface area contributed by atoms with Crippen LogP contribution in [-0.4, -0.2) is 4.57 Å². The zero-order valence-electron chi connectivity index (χ0n) is 10.0. The Morgan fingerprint density at radius 1 is 1.38 bits per heavy atom. The van der Waals surface area contributed by atoms with Gasteiger partial charge in [0, 0.05) is 22.7 Å². The van der Waals surface area contributed by atoms with Crippen LogP contribution in [0.5, 0.6) is 0 Å². The van der Waals surface area contributed by atoms with Crippen LogP contribution in [0, 0.1) is 6.92 Å². The molecule has 0 fully saturated rings. The van der Waals surface area contributed by atoms with Gasteiger partial charge in [-0.2, -0.15) is 0 Å². The first kappa shape index (κ1) is 11.2. The van der Waals surface area contributed by atoms with E-state index in [1.807, 2.05) is 6.07 Å². The molecule has 2 aromatic rings. The van der Waals surface area contributed by atoms with Gasteiger partial charge in [0.1, 0.15) is 0 Å². The second kappa shape index (κ2) is 4.28. The first-order valence-electron chi connectivity index (χ1n) is 5.56. The van der Waals surface area contributed by atoms with Crippen molar-refractivity contribution in [2.75, 3.05) is 0 Å². The van der Waals surface area contributed by atoms with Gasteiger partial charge in [-0.3, -0.25) is 4.84 Å². The molecule has 0 saturated carbocycles. The quantitative estimate of drug-likeness (QED) is 0.805. The summed E-state index contributed by atoms with van der Waals surface area (Å²) in [5.41, 5.74) is 3.65. The Bertz CT molecular complexity index is 500. The molecule has 0 bridgehead atoms. The molecule has 0 aliphatic heterocycles. The highest BCUT2D eigenvalue weighted by Crippen LogP contribution is 2.26.